The molecule has 2 fully saturated rings. The fraction of sp³-hybridized carbons (Fsp3) is 0.316. The van der Waals surface area contributed by atoms with Gasteiger partial charge in [0.1, 0.15) is 11.9 Å². The first-order valence-electron chi connectivity index (χ1n) is 8.08. The molecule has 1 aliphatic heterocycles. The van der Waals surface area contributed by atoms with E-state index in [4.69, 9.17) is 16.3 Å². The highest BCUT2D eigenvalue weighted by molar-refractivity contribution is 8.00. The Hall–Kier alpha value is -1.65. The molecule has 2 aromatic carbocycles. The Morgan fingerprint density at radius 3 is 2.29 bits per heavy atom. The minimum Gasteiger partial charge on any atom is -0.489 e. The van der Waals surface area contributed by atoms with Crippen molar-refractivity contribution in [2.24, 2.45) is 0 Å². The molecule has 4 rings (SSSR count). The van der Waals surface area contributed by atoms with Crippen LogP contribution in [-0.4, -0.2) is 23.5 Å². The molecule has 0 unspecified atom stereocenters. The van der Waals surface area contributed by atoms with Gasteiger partial charge < -0.3 is 10.1 Å². The lowest BCUT2D eigenvalue weighted by Crippen LogP contribution is -2.31. The molecule has 3 nitrogen and oxygen atoms in total. The SMILES string of the molecule is O=C(Nc1ccc(OC2CSC2)cc1)C1(c2ccc(Cl)cc2)CC1. The van der Waals surface area contributed by atoms with Crippen LogP contribution in [0.4, 0.5) is 5.69 Å². The van der Waals surface area contributed by atoms with E-state index < -0.39 is 5.41 Å². The summed E-state index contributed by atoms with van der Waals surface area (Å²) < 4.78 is 5.82. The van der Waals surface area contributed by atoms with E-state index in [0.717, 1.165) is 41.3 Å². The van der Waals surface area contributed by atoms with Crippen LogP contribution in [0, 0.1) is 0 Å². The molecule has 0 bridgehead atoms. The third-order valence-electron chi connectivity index (χ3n) is 4.60. The third-order valence-corrected chi connectivity index (χ3v) is 6.07. The third kappa shape index (κ3) is 3.13. The van der Waals surface area contributed by atoms with Crippen LogP contribution in [0.3, 0.4) is 0 Å². The molecule has 24 heavy (non-hydrogen) atoms. The van der Waals surface area contributed by atoms with Gasteiger partial charge in [-0.15, -0.1) is 0 Å². The Kier molecular flexibility index (Phi) is 4.19. The lowest BCUT2D eigenvalue weighted by Gasteiger charge is -2.25. The Labute approximate surface area is 150 Å². The summed E-state index contributed by atoms with van der Waals surface area (Å²) in [7, 11) is 0. The summed E-state index contributed by atoms with van der Waals surface area (Å²) in [5.74, 6) is 3.02. The molecule has 1 saturated heterocycles. The number of anilines is 1. The molecule has 1 N–H and O–H groups in total. The number of rotatable bonds is 5. The van der Waals surface area contributed by atoms with Crippen molar-refractivity contribution in [1.82, 2.24) is 0 Å². The van der Waals surface area contributed by atoms with Gasteiger partial charge in [0, 0.05) is 22.2 Å². The van der Waals surface area contributed by atoms with E-state index in [9.17, 15) is 4.79 Å². The van der Waals surface area contributed by atoms with Crippen molar-refractivity contribution in [1.29, 1.82) is 0 Å². The molecule has 2 aromatic rings. The second kappa shape index (κ2) is 6.34. The van der Waals surface area contributed by atoms with E-state index in [0.29, 0.717) is 11.1 Å². The number of hydrogen-bond acceptors (Lipinski definition) is 3. The highest BCUT2D eigenvalue weighted by atomic mass is 35.5. The molecule has 1 aliphatic carbocycles. The topological polar surface area (TPSA) is 38.3 Å². The first kappa shape index (κ1) is 15.9. The van der Waals surface area contributed by atoms with Gasteiger partial charge in [-0.05, 0) is 54.8 Å². The molecular formula is C19H18ClNO2S. The number of carbonyl (C=O) groups excluding carboxylic acids is 1. The van der Waals surface area contributed by atoms with Gasteiger partial charge in [0.05, 0.1) is 5.41 Å². The van der Waals surface area contributed by atoms with Crippen LogP contribution in [0.15, 0.2) is 48.5 Å². The van der Waals surface area contributed by atoms with Crippen LogP contribution in [0.2, 0.25) is 5.02 Å². The van der Waals surface area contributed by atoms with Crippen LogP contribution in [0.1, 0.15) is 18.4 Å². The smallest absolute Gasteiger partial charge is 0.235 e. The number of nitrogens with one attached hydrogen (secondary N) is 1. The number of hydrogen-bond donors (Lipinski definition) is 1. The van der Waals surface area contributed by atoms with Crippen molar-refractivity contribution >= 4 is 35.0 Å². The first-order valence-corrected chi connectivity index (χ1v) is 9.61. The van der Waals surface area contributed by atoms with Gasteiger partial charge in [0.25, 0.3) is 0 Å². The summed E-state index contributed by atoms with van der Waals surface area (Å²) in [4.78, 5) is 12.7. The van der Waals surface area contributed by atoms with Gasteiger partial charge in [-0.3, -0.25) is 4.79 Å². The van der Waals surface area contributed by atoms with Gasteiger partial charge in [-0.25, -0.2) is 0 Å². The predicted octanol–water partition coefficient (Wildman–Crippen LogP) is 4.50. The molecule has 1 amide bonds. The van der Waals surface area contributed by atoms with E-state index in [1.807, 2.05) is 60.3 Å². The maximum Gasteiger partial charge on any atom is 0.235 e. The normalized spacial score (nSPS) is 18.5. The Balaban J connectivity index is 1.42. The van der Waals surface area contributed by atoms with Gasteiger partial charge in [-0.2, -0.15) is 11.8 Å². The average Bonchev–Trinajstić information content (AvgIpc) is 3.35. The summed E-state index contributed by atoms with van der Waals surface area (Å²) in [6.45, 7) is 0. The van der Waals surface area contributed by atoms with E-state index in [1.165, 1.54) is 0 Å². The zero-order chi connectivity index (χ0) is 16.6. The van der Waals surface area contributed by atoms with Gasteiger partial charge >= 0.3 is 0 Å². The van der Waals surface area contributed by atoms with E-state index in [2.05, 4.69) is 5.32 Å². The van der Waals surface area contributed by atoms with E-state index >= 15 is 0 Å². The summed E-state index contributed by atoms with van der Waals surface area (Å²) in [6.07, 6.45) is 2.08. The monoisotopic (exact) mass is 359 g/mol. The van der Waals surface area contributed by atoms with Gasteiger partial charge in [0.2, 0.25) is 5.91 Å². The Bertz CT molecular complexity index is 737. The number of thioether (sulfide) groups is 1. The predicted molar refractivity (Wildman–Crippen MR) is 99.2 cm³/mol. The van der Waals surface area contributed by atoms with Crippen LogP contribution >= 0.6 is 23.4 Å². The fourth-order valence-corrected chi connectivity index (χ4v) is 3.57. The summed E-state index contributed by atoms with van der Waals surface area (Å²) >= 11 is 7.84. The quantitative estimate of drug-likeness (QED) is 0.853. The molecule has 2 aliphatic rings. The lowest BCUT2D eigenvalue weighted by molar-refractivity contribution is -0.118. The standard InChI is InChI=1S/C19H18ClNO2S/c20-14-3-1-13(2-4-14)19(9-10-19)18(22)21-15-5-7-16(8-6-15)23-17-11-24-12-17/h1-8,17H,9-12H2,(H,21,22). The molecular weight excluding hydrogens is 342 g/mol. The highest BCUT2D eigenvalue weighted by Gasteiger charge is 2.51. The zero-order valence-corrected chi connectivity index (χ0v) is 14.7. The zero-order valence-electron chi connectivity index (χ0n) is 13.1. The average molecular weight is 360 g/mol. The second-order valence-electron chi connectivity index (χ2n) is 6.34. The van der Waals surface area contributed by atoms with Crippen LogP contribution < -0.4 is 10.1 Å². The maximum atomic E-state index is 12.7. The molecule has 0 spiro atoms. The van der Waals surface area contributed by atoms with Crippen molar-refractivity contribution < 1.29 is 9.53 Å². The van der Waals surface area contributed by atoms with Crippen molar-refractivity contribution in [2.45, 2.75) is 24.4 Å². The lowest BCUT2D eigenvalue weighted by atomic mass is 9.95. The Morgan fingerprint density at radius 1 is 1.08 bits per heavy atom. The second-order valence-corrected chi connectivity index (χ2v) is 7.86. The van der Waals surface area contributed by atoms with Crippen molar-refractivity contribution in [2.75, 3.05) is 16.8 Å². The molecule has 5 heteroatoms. The number of ether oxygens (including phenoxy) is 1. The molecule has 1 saturated carbocycles. The highest BCUT2D eigenvalue weighted by Crippen LogP contribution is 2.49. The number of halogens is 1. The van der Waals surface area contributed by atoms with Crippen molar-refractivity contribution in [3.63, 3.8) is 0 Å². The van der Waals surface area contributed by atoms with Crippen LogP contribution in [0.25, 0.3) is 0 Å². The van der Waals surface area contributed by atoms with Crippen LogP contribution in [0.5, 0.6) is 5.75 Å². The minimum absolute atomic E-state index is 0.0499. The Morgan fingerprint density at radius 2 is 1.75 bits per heavy atom. The van der Waals surface area contributed by atoms with Gasteiger partial charge in [0.15, 0.2) is 0 Å². The first-order chi connectivity index (χ1) is 11.7. The molecule has 0 radical (unpaired) electrons. The molecule has 0 atom stereocenters. The molecule has 1 heterocycles. The number of carbonyl (C=O) groups is 1. The minimum atomic E-state index is -0.400. The maximum absolute atomic E-state index is 12.7. The van der Waals surface area contributed by atoms with Crippen molar-refractivity contribution in [3.8, 4) is 5.75 Å². The largest absolute Gasteiger partial charge is 0.489 e. The molecule has 0 aromatic heterocycles. The summed E-state index contributed by atoms with van der Waals surface area (Å²) in [6, 6.07) is 15.2. The molecule has 124 valence electrons. The van der Waals surface area contributed by atoms with E-state index in [1.54, 1.807) is 0 Å². The van der Waals surface area contributed by atoms with Crippen molar-refractivity contribution in [3.05, 3.63) is 59.1 Å². The van der Waals surface area contributed by atoms with E-state index in [-0.39, 0.29) is 5.91 Å². The van der Waals surface area contributed by atoms with Crippen LogP contribution in [-0.2, 0) is 10.2 Å². The van der Waals surface area contributed by atoms with Gasteiger partial charge in [-0.1, -0.05) is 23.7 Å². The number of amides is 1. The fourth-order valence-electron chi connectivity index (χ4n) is 2.88. The summed E-state index contributed by atoms with van der Waals surface area (Å²) in [5.41, 5.74) is 1.44. The number of benzene rings is 2. The summed E-state index contributed by atoms with van der Waals surface area (Å²) in [5, 5.41) is 3.72.